The molecule has 6 heteroatoms. The summed E-state index contributed by atoms with van der Waals surface area (Å²) in [5.74, 6) is 0. The van der Waals surface area contributed by atoms with Crippen molar-refractivity contribution in [3.63, 3.8) is 0 Å². The maximum absolute atomic E-state index is 12.0. The zero-order chi connectivity index (χ0) is 14.0. The highest BCUT2D eigenvalue weighted by molar-refractivity contribution is 6.52. The Labute approximate surface area is 107 Å². The van der Waals surface area contributed by atoms with Crippen LogP contribution in [0.1, 0.15) is 47.0 Å². The van der Waals surface area contributed by atoms with Crippen LogP contribution in [0.5, 0.6) is 0 Å². The number of halogens is 3. The number of rotatable bonds is 4. The van der Waals surface area contributed by atoms with Crippen LogP contribution in [0.15, 0.2) is 0 Å². The zero-order valence-corrected chi connectivity index (χ0v) is 11.6. The second-order valence-corrected chi connectivity index (χ2v) is 5.93. The average Bonchev–Trinajstić information content (AvgIpc) is 2.17. The third-order valence-corrected chi connectivity index (χ3v) is 3.78. The molecule has 1 aliphatic rings. The quantitative estimate of drug-likeness (QED) is 0.568. The first-order chi connectivity index (χ1) is 8.04. The van der Waals surface area contributed by atoms with E-state index in [-0.39, 0.29) is 18.9 Å². The van der Waals surface area contributed by atoms with E-state index >= 15 is 0 Å². The van der Waals surface area contributed by atoms with Gasteiger partial charge in [-0.25, -0.2) is 0 Å². The minimum absolute atomic E-state index is 0.0961. The largest absolute Gasteiger partial charge is 0.426 e. The molecule has 2 nitrogen and oxygen atoms in total. The molecule has 0 spiro atoms. The van der Waals surface area contributed by atoms with Crippen LogP contribution in [0.25, 0.3) is 0 Å². The Morgan fingerprint density at radius 1 is 1.06 bits per heavy atom. The van der Waals surface area contributed by atoms with Gasteiger partial charge in [-0.15, -0.1) is 0 Å². The van der Waals surface area contributed by atoms with Crippen molar-refractivity contribution in [2.75, 3.05) is 6.51 Å². The van der Waals surface area contributed by atoms with Crippen LogP contribution in [0.2, 0.25) is 6.32 Å². The first kappa shape index (κ1) is 15.8. The van der Waals surface area contributed by atoms with Crippen molar-refractivity contribution in [1.82, 2.24) is 0 Å². The lowest BCUT2D eigenvalue weighted by atomic mass is 9.61. The number of hydrogen-bond donors (Lipinski definition) is 0. The highest BCUT2D eigenvalue weighted by atomic mass is 19.4. The second kappa shape index (κ2) is 5.41. The van der Waals surface area contributed by atoms with Crippen LogP contribution in [0.4, 0.5) is 13.2 Å². The van der Waals surface area contributed by atoms with E-state index in [1.54, 1.807) is 0 Å². The molecule has 18 heavy (non-hydrogen) atoms. The van der Waals surface area contributed by atoms with Crippen molar-refractivity contribution in [2.45, 2.75) is 70.7 Å². The Morgan fingerprint density at radius 3 is 2.17 bits per heavy atom. The molecule has 1 heterocycles. The minimum atomic E-state index is -4.05. The molecule has 0 saturated carbocycles. The molecule has 0 N–H and O–H groups in total. The molecule has 0 amide bonds. The van der Waals surface area contributed by atoms with Gasteiger partial charge in [0.05, 0.1) is 17.7 Å². The maximum Gasteiger partial charge on any atom is 0.389 e. The summed E-state index contributed by atoms with van der Waals surface area (Å²) in [6.07, 6.45) is -3.46. The molecule has 0 bridgehead atoms. The lowest BCUT2D eigenvalue weighted by molar-refractivity contribution is -0.154. The summed E-state index contributed by atoms with van der Waals surface area (Å²) in [6, 6.07) is 0. The summed E-state index contributed by atoms with van der Waals surface area (Å²) in [6.45, 7) is 8.20. The van der Waals surface area contributed by atoms with Crippen LogP contribution < -0.4 is 0 Å². The Balaban J connectivity index is 2.30. The van der Waals surface area contributed by atoms with Crippen molar-refractivity contribution in [2.24, 2.45) is 0 Å². The molecule has 1 aliphatic heterocycles. The van der Waals surface area contributed by atoms with E-state index in [0.717, 1.165) is 0 Å². The molecule has 0 aromatic heterocycles. The summed E-state index contributed by atoms with van der Waals surface area (Å²) in [5.41, 5.74) is -0.782. The highest BCUT2D eigenvalue weighted by Gasteiger charge is 2.45. The van der Waals surface area contributed by atoms with E-state index in [0.29, 0.717) is 19.2 Å². The van der Waals surface area contributed by atoms with Crippen LogP contribution >= 0.6 is 0 Å². The fraction of sp³-hybridized carbons (Fsp3) is 1.00. The Bertz CT molecular complexity index is 277. The van der Waals surface area contributed by atoms with Gasteiger partial charge in [0.15, 0.2) is 0 Å². The summed E-state index contributed by atoms with van der Waals surface area (Å²) < 4.78 is 47.6. The van der Waals surface area contributed by atoms with Gasteiger partial charge in [-0.3, -0.25) is 0 Å². The molecule has 0 atom stereocenters. The highest BCUT2D eigenvalue weighted by Crippen LogP contribution is 2.34. The Morgan fingerprint density at radius 2 is 1.67 bits per heavy atom. The van der Waals surface area contributed by atoms with E-state index in [1.807, 2.05) is 27.7 Å². The number of unbranched alkanes of at least 4 members (excludes halogenated alkanes) is 1. The first-order valence-electron chi connectivity index (χ1n) is 6.42. The second-order valence-electron chi connectivity index (χ2n) is 5.93. The fourth-order valence-electron chi connectivity index (χ4n) is 1.91. The van der Waals surface area contributed by atoms with Gasteiger partial charge in [0.1, 0.15) is 0 Å². The van der Waals surface area contributed by atoms with Crippen molar-refractivity contribution < 1.29 is 22.6 Å². The average molecular weight is 266 g/mol. The summed E-state index contributed by atoms with van der Waals surface area (Å²) in [7, 11) is 0. The van der Waals surface area contributed by atoms with E-state index in [1.165, 1.54) is 0 Å². The molecule has 1 saturated heterocycles. The molecule has 0 aromatic rings. The lowest BCUT2D eigenvalue weighted by Gasteiger charge is -2.47. The van der Waals surface area contributed by atoms with Crippen molar-refractivity contribution in [3.05, 3.63) is 0 Å². The number of hydrogen-bond acceptors (Lipinski definition) is 2. The summed E-state index contributed by atoms with van der Waals surface area (Å²) in [4.78, 5) is 0. The standard InChI is InChI=1S/C12H22BF3O2/c1-10(2)11(3,4)18-13(9-17-10)8-6-5-7-12(14,15)16/h5-9H2,1-4H3. The third-order valence-electron chi connectivity index (χ3n) is 3.78. The number of ether oxygens (including phenoxy) is 1. The Kier molecular flexibility index (Phi) is 4.76. The summed E-state index contributed by atoms with van der Waals surface area (Å²) in [5, 5.41) is 0. The molecule has 0 unspecified atom stereocenters. The molecular weight excluding hydrogens is 244 g/mol. The van der Waals surface area contributed by atoms with Gasteiger partial charge < -0.3 is 9.39 Å². The van der Waals surface area contributed by atoms with Crippen molar-refractivity contribution >= 4 is 6.92 Å². The molecule has 1 rings (SSSR count). The zero-order valence-electron chi connectivity index (χ0n) is 11.6. The van der Waals surface area contributed by atoms with E-state index in [2.05, 4.69) is 0 Å². The van der Waals surface area contributed by atoms with Gasteiger partial charge in [-0.2, -0.15) is 13.2 Å². The van der Waals surface area contributed by atoms with Crippen molar-refractivity contribution in [1.29, 1.82) is 0 Å². The third kappa shape index (κ3) is 4.46. The molecule has 0 aliphatic carbocycles. The predicted molar refractivity (Wildman–Crippen MR) is 65.7 cm³/mol. The molecule has 106 valence electrons. The fourth-order valence-corrected chi connectivity index (χ4v) is 1.91. The van der Waals surface area contributed by atoms with Crippen LogP contribution in [0.3, 0.4) is 0 Å². The van der Waals surface area contributed by atoms with Gasteiger partial charge in [0, 0.05) is 6.42 Å². The van der Waals surface area contributed by atoms with Crippen LogP contribution in [-0.4, -0.2) is 30.8 Å². The molecule has 0 radical (unpaired) electrons. The van der Waals surface area contributed by atoms with E-state index in [4.69, 9.17) is 9.39 Å². The van der Waals surface area contributed by atoms with Gasteiger partial charge >= 0.3 is 13.1 Å². The van der Waals surface area contributed by atoms with E-state index in [9.17, 15) is 13.2 Å². The SMILES string of the molecule is CC1(C)OCB(CCCCC(F)(F)F)OC1(C)C. The predicted octanol–water partition coefficient (Wildman–Crippen LogP) is 3.85. The topological polar surface area (TPSA) is 18.5 Å². The monoisotopic (exact) mass is 266 g/mol. The molecule has 0 aromatic carbocycles. The molecular formula is C12H22BF3O2. The van der Waals surface area contributed by atoms with Gasteiger partial charge in [0.2, 0.25) is 0 Å². The van der Waals surface area contributed by atoms with E-state index < -0.39 is 18.2 Å². The lowest BCUT2D eigenvalue weighted by Crippen LogP contribution is -2.58. The smallest absolute Gasteiger partial charge is 0.389 e. The Hall–Kier alpha value is -0.225. The van der Waals surface area contributed by atoms with Crippen molar-refractivity contribution in [3.8, 4) is 0 Å². The normalized spacial score (nSPS) is 23.2. The molecule has 1 fully saturated rings. The van der Waals surface area contributed by atoms with Gasteiger partial charge in [0.25, 0.3) is 0 Å². The first-order valence-corrected chi connectivity index (χ1v) is 6.42. The minimum Gasteiger partial charge on any atom is -0.426 e. The van der Waals surface area contributed by atoms with Gasteiger partial charge in [-0.1, -0.05) is 6.42 Å². The van der Waals surface area contributed by atoms with Gasteiger partial charge in [-0.05, 0) is 40.4 Å². The van der Waals surface area contributed by atoms with Crippen LogP contribution in [0, 0.1) is 0 Å². The van der Waals surface area contributed by atoms with Crippen LogP contribution in [-0.2, 0) is 9.39 Å². The summed E-state index contributed by atoms with van der Waals surface area (Å²) >= 11 is 0. The maximum atomic E-state index is 12.0. The number of alkyl halides is 3.